The summed E-state index contributed by atoms with van der Waals surface area (Å²) < 4.78 is 12.8. The summed E-state index contributed by atoms with van der Waals surface area (Å²) in [4.78, 5) is 10.7. The van der Waals surface area contributed by atoms with Crippen LogP contribution in [0.1, 0.15) is 10.4 Å². The van der Waals surface area contributed by atoms with Gasteiger partial charge in [0.1, 0.15) is 12.1 Å². The Hall–Kier alpha value is -1.67. The van der Waals surface area contributed by atoms with E-state index in [1.54, 1.807) is 30.3 Å². The van der Waals surface area contributed by atoms with Crippen LogP contribution < -0.4 is 0 Å². The fourth-order valence-electron chi connectivity index (χ4n) is 1.47. The van der Waals surface area contributed by atoms with Crippen LogP contribution in [0.3, 0.4) is 0 Å². The molecule has 0 aliphatic carbocycles. The molecule has 0 atom stereocenters. The van der Waals surface area contributed by atoms with Crippen LogP contribution in [-0.2, 0) is 0 Å². The standard InChI is InChI=1S/C13H8ClFO/c14-13-6-1-9(8-16)7-12(13)10-2-4-11(15)5-3-10/h1-8H. The normalized spacial score (nSPS) is 10.1. The minimum atomic E-state index is -0.300. The zero-order valence-corrected chi connectivity index (χ0v) is 9.04. The number of hydrogen-bond donors (Lipinski definition) is 0. The van der Waals surface area contributed by atoms with E-state index in [-0.39, 0.29) is 5.82 Å². The van der Waals surface area contributed by atoms with Crippen LogP contribution in [0.2, 0.25) is 5.02 Å². The number of aldehydes is 1. The quantitative estimate of drug-likeness (QED) is 0.719. The van der Waals surface area contributed by atoms with Gasteiger partial charge in [0.15, 0.2) is 0 Å². The van der Waals surface area contributed by atoms with Crippen LogP contribution in [0.5, 0.6) is 0 Å². The van der Waals surface area contributed by atoms with Crippen molar-refractivity contribution in [2.75, 3.05) is 0 Å². The monoisotopic (exact) mass is 234 g/mol. The first-order valence-corrected chi connectivity index (χ1v) is 5.09. The molecule has 0 N–H and O–H groups in total. The van der Waals surface area contributed by atoms with E-state index in [0.29, 0.717) is 10.6 Å². The minimum Gasteiger partial charge on any atom is -0.298 e. The zero-order chi connectivity index (χ0) is 11.5. The summed E-state index contributed by atoms with van der Waals surface area (Å²) in [6.07, 6.45) is 0.753. The summed E-state index contributed by atoms with van der Waals surface area (Å²) in [6, 6.07) is 11.0. The first-order chi connectivity index (χ1) is 7.70. The highest BCUT2D eigenvalue weighted by atomic mass is 35.5. The molecule has 0 aromatic heterocycles. The Morgan fingerprint density at radius 3 is 2.38 bits per heavy atom. The van der Waals surface area contributed by atoms with Gasteiger partial charge in [-0.25, -0.2) is 4.39 Å². The SMILES string of the molecule is O=Cc1ccc(Cl)c(-c2ccc(F)cc2)c1. The van der Waals surface area contributed by atoms with E-state index in [9.17, 15) is 9.18 Å². The predicted octanol–water partition coefficient (Wildman–Crippen LogP) is 3.96. The summed E-state index contributed by atoms with van der Waals surface area (Å²) in [7, 11) is 0. The fraction of sp³-hybridized carbons (Fsp3) is 0. The smallest absolute Gasteiger partial charge is 0.150 e. The third kappa shape index (κ3) is 2.12. The second kappa shape index (κ2) is 4.45. The molecule has 1 nitrogen and oxygen atoms in total. The van der Waals surface area contributed by atoms with E-state index in [4.69, 9.17) is 11.6 Å². The summed E-state index contributed by atoms with van der Waals surface area (Å²) in [5.41, 5.74) is 2.06. The fourth-order valence-corrected chi connectivity index (χ4v) is 1.69. The van der Waals surface area contributed by atoms with Crippen molar-refractivity contribution < 1.29 is 9.18 Å². The Morgan fingerprint density at radius 2 is 1.75 bits per heavy atom. The molecule has 16 heavy (non-hydrogen) atoms. The molecule has 0 saturated heterocycles. The van der Waals surface area contributed by atoms with E-state index < -0.39 is 0 Å². The Kier molecular flexibility index (Phi) is 3.02. The molecule has 2 rings (SSSR count). The number of carbonyl (C=O) groups is 1. The Bertz CT molecular complexity index is 520. The Balaban J connectivity index is 2.54. The van der Waals surface area contributed by atoms with Crippen molar-refractivity contribution >= 4 is 17.9 Å². The molecule has 3 heteroatoms. The summed E-state index contributed by atoms with van der Waals surface area (Å²) in [5, 5.41) is 0.539. The average Bonchev–Trinajstić information content (AvgIpc) is 2.31. The highest BCUT2D eigenvalue weighted by Crippen LogP contribution is 2.28. The van der Waals surface area contributed by atoms with E-state index in [2.05, 4.69) is 0 Å². The lowest BCUT2D eigenvalue weighted by molar-refractivity contribution is 0.112. The van der Waals surface area contributed by atoms with Crippen molar-refractivity contribution in [3.8, 4) is 11.1 Å². The molecule has 2 aromatic rings. The molecule has 0 saturated carbocycles. The van der Waals surface area contributed by atoms with Gasteiger partial charge in [0.05, 0.1) is 0 Å². The molecule has 0 spiro atoms. The average molecular weight is 235 g/mol. The lowest BCUT2D eigenvalue weighted by atomic mass is 10.0. The van der Waals surface area contributed by atoms with Gasteiger partial charge < -0.3 is 0 Å². The van der Waals surface area contributed by atoms with Crippen molar-refractivity contribution in [1.82, 2.24) is 0 Å². The highest BCUT2D eigenvalue weighted by molar-refractivity contribution is 6.33. The lowest BCUT2D eigenvalue weighted by Crippen LogP contribution is -1.85. The van der Waals surface area contributed by atoms with Crippen molar-refractivity contribution in [2.24, 2.45) is 0 Å². The molecule has 0 bridgehead atoms. The topological polar surface area (TPSA) is 17.1 Å². The van der Waals surface area contributed by atoms with Crippen molar-refractivity contribution in [3.63, 3.8) is 0 Å². The summed E-state index contributed by atoms with van der Waals surface area (Å²) in [5.74, 6) is -0.300. The minimum absolute atomic E-state index is 0.300. The predicted molar refractivity (Wildman–Crippen MR) is 62.2 cm³/mol. The lowest BCUT2D eigenvalue weighted by Gasteiger charge is -2.05. The Morgan fingerprint density at radius 1 is 1.06 bits per heavy atom. The van der Waals surface area contributed by atoms with Gasteiger partial charge in [0.25, 0.3) is 0 Å². The molecule has 0 heterocycles. The van der Waals surface area contributed by atoms with Gasteiger partial charge in [-0.3, -0.25) is 4.79 Å². The van der Waals surface area contributed by atoms with Crippen molar-refractivity contribution in [3.05, 3.63) is 58.9 Å². The number of halogens is 2. The van der Waals surface area contributed by atoms with Gasteiger partial charge >= 0.3 is 0 Å². The summed E-state index contributed by atoms with van der Waals surface area (Å²) in [6.45, 7) is 0. The van der Waals surface area contributed by atoms with E-state index in [1.165, 1.54) is 12.1 Å². The second-order valence-electron chi connectivity index (χ2n) is 3.36. The van der Waals surface area contributed by atoms with Gasteiger partial charge in [0, 0.05) is 16.1 Å². The second-order valence-corrected chi connectivity index (χ2v) is 3.77. The number of benzene rings is 2. The number of carbonyl (C=O) groups excluding carboxylic acids is 1. The van der Waals surface area contributed by atoms with Gasteiger partial charge in [-0.1, -0.05) is 29.8 Å². The molecule has 0 amide bonds. The molecular formula is C13H8ClFO. The van der Waals surface area contributed by atoms with Crippen LogP contribution in [-0.4, -0.2) is 6.29 Å². The molecule has 80 valence electrons. The molecule has 0 unspecified atom stereocenters. The molecule has 0 fully saturated rings. The Labute approximate surface area is 97.5 Å². The van der Waals surface area contributed by atoms with Crippen LogP contribution in [0, 0.1) is 5.82 Å². The van der Waals surface area contributed by atoms with E-state index in [0.717, 1.165) is 17.4 Å². The molecular weight excluding hydrogens is 227 g/mol. The molecule has 0 aliphatic heterocycles. The van der Waals surface area contributed by atoms with Crippen LogP contribution in [0.15, 0.2) is 42.5 Å². The zero-order valence-electron chi connectivity index (χ0n) is 8.28. The molecule has 2 aromatic carbocycles. The maximum atomic E-state index is 12.8. The van der Waals surface area contributed by atoms with E-state index >= 15 is 0 Å². The maximum absolute atomic E-state index is 12.8. The van der Waals surface area contributed by atoms with Gasteiger partial charge in [-0.05, 0) is 29.8 Å². The van der Waals surface area contributed by atoms with Crippen molar-refractivity contribution in [1.29, 1.82) is 0 Å². The number of hydrogen-bond acceptors (Lipinski definition) is 1. The van der Waals surface area contributed by atoms with Crippen LogP contribution in [0.4, 0.5) is 4.39 Å². The first kappa shape index (κ1) is 10.8. The third-order valence-electron chi connectivity index (χ3n) is 2.28. The number of rotatable bonds is 2. The maximum Gasteiger partial charge on any atom is 0.150 e. The van der Waals surface area contributed by atoms with E-state index in [1.807, 2.05) is 0 Å². The van der Waals surface area contributed by atoms with Gasteiger partial charge in [-0.2, -0.15) is 0 Å². The van der Waals surface area contributed by atoms with Gasteiger partial charge in [0.2, 0.25) is 0 Å². The van der Waals surface area contributed by atoms with Crippen LogP contribution in [0.25, 0.3) is 11.1 Å². The van der Waals surface area contributed by atoms with Crippen molar-refractivity contribution in [2.45, 2.75) is 0 Å². The summed E-state index contributed by atoms with van der Waals surface area (Å²) >= 11 is 6.02. The van der Waals surface area contributed by atoms with Gasteiger partial charge in [-0.15, -0.1) is 0 Å². The first-order valence-electron chi connectivity index (χ1n) is 4.71. The molecule has 0 aliphatic rings. The third-order valence-corrected chi connectivity index (χ3v) is 2.61. The largest absolute Gasteiger partial charge is 0.298 e. The van der Waals surface area contributed by atoms with Crippen LogP contribution >= 0.6 is 11.6 Å². The highest BCUT2D eigenvalue weighted by Gasteiger charge is 2.04. The molecule has 0 radical (unpaired) electrons.